The van der Waals surface area contributed by atoms with Gasteiger partial charge >= 0.3 is 0 Å². The summed E-state index contributed by atoms with van der Waals surface area (Å²) in [4.78, 5) is 16.9. The van der Waals surface area contributed by atoms with Crippen LogP contribution < -0.4 is 10.6 Å². The Balaban J connectivity index is 0.00000243. The van der Waals surface area contributed by atoms with Crippen LogP contribution in [-0.4, -0.2) is 66.9 Å². The molecule has 2 N–H and O–H groups in total. The standard InChI is InChI=1S/C18H26F2N4O.3ClH/c1-2-23-7-9-24(10-8-23)12-14-3-5-15(6-4-14)22-17(25)16-11-18(19,20)13-21-16;;;/h3-6,16,21H,2,7-13H2,1H3,(H,22,25);3*1H. The third-order valence-corrected chi connectivity index (χ3v) is 4.97. The van der Waals surface area contributed by atoms with Gasteiger partial charge in [0.2, 0.25) is 5.91 Å². The fourth-order valence-electron chi connectivity index (χ4n) is 3.35. The van der Waals surface area contributed by atoms with Gasteiger partial charge in [0.15, 0.2) is 0 Å². The highest BCUT2D eigenvalue weighted by molar-refractivity contribution is 5.95. The van der Waals surface area contributed by atoms with Crippen LogP contribution in [0, 0.1) is 0 Å². The van der Waals surface area contributed by atoms with Crippen LogP contribution in [0.15, 0.2) is 24.3 Å². The summed E-state index contributed by atoms with van der Waals surface area (Å²) in [6.45, 7) is 8.07. The van der Waals surface area contributed by atoms with Gasteiger partial charge in [-0.2, -0.15) is 0 Å². The molecule has 1 aromatic rings. The minimum Gasteiger partial charge on any atom is -0.325 e. The monoisotopic (exact) mass is 460 g/mol. The number of nitrogens with zero attached hydrogens (tertiary/aromatic N) is 2. The Morgan fingerprint density at radius 2 is 1.68 bits per heavy atom. The zero-order valence-electron chi connectivity index (χ0n) is 15.8. The van der Waals surface area contributed by atoms with Crippen molar-refractivity contribution >= 4 is 48.8 Å². The molecule has 2 aliphatic heterocycles. The van der Waals surface area contributed by atoms with E-state index in [1.165, 1.54) is 5.56 Å². The molecule has 1 amide bonds. The van der Waals surface area contributed by atoms with E-state index >= 15 is 0 Å². The van der Waals surface area contributed by atoms with Gasteiger partial charge in [-0.05, 0) is 24.2 Å². The number of benzene rings is 1. The molecule has 1 aromatic carbocycles. The molecule has 1 unspecified atom stereocenters. The third-order valence-electron chi connectivity index (χ3n) is 4.97. The number of piperazine rings is 1. The van der Waals surface area contributed by atoms with Gasteiger partial charge in [0.25, 0.3) is 5.92 Å². The lowest BCUT2D eigenvalue weighted by Gasteiger charge is -2.34. The molecule has 0 aliphatic carbocycles. The van der Waals surface area contributed by atoms with Gasteiger partial charge in [-0.15, -0.1) is 37.2 Å². The lowest BCUT2D eigenvalue weighted by molar-refractivity contribution is -0.118. The smallest absolute Gasteiger partial charge is 0.262 e. The molecule has 2 aliphatic rings. The second kappa shape index (κ2) is 12.1. The third kappa shape index (κ3) is 7.61. The summed E-state index contributed by atoms with van der Waals surface area (Å²) < 4.78 is 26.3. The van der Waals surface area contributed by atoms with Crippen LogP contribution >= 0.6 is 37.2 Å². The van der Waals surface area contributed by atoms with E-state index in [9.17, 15) is 13.6 Å². The van der Waals surface area contributed by atoms with Crippen molar-refractivity contribution in [3.8, 4) is 0 Å². The van der Waals surface area contributed by atoms with Gasteiger partial charge in [0, 0.05) is 44.8 Å². The number of carbonyl (C=O) groups is 1. The van der Waals surface area contributed by atoms with Crippen molar-refractivity contribution in [1.29, 1.82) is 0 Å². The second-order valence-electron chi connectivity index (χ2n) is 6.89. The predicted octanol–water partition coefficient (Wildman–Crippen LogP) is 3.03. The van der Waals surface area contributed by atoms with Crippen LogP contribution in [0.4, 0.5) is 14.5 Å². The molecule has 0 radical (unpaired) electrons. The van der Waals surface area contributed by atoms with E-state index in [1.54, 1.807) is 0 Å². The zero-order valence-corrected chi connectivity index (χ0v) is 18.3. The second-order valence-corrected chi connectivity index (χ2v) is 6.89. The van der Waals surface area contributed by atoms with Gasteiger partial charge in [-0.1, -0.05) is 19.1 Å². The van der Waals surface area contributed by atoms with Crippen molar-refractivity contribution < 1.29 is 13.6 Å². The van der Waals surface area contributed by atoms with E-state index in [-0.39, 0.29) is 37.2 Å². The van der Waals surface area contributed by atoms with E-state index in [4.69, 9.17) is 0 Å². The fourth-order valence-corrected chi connectivity index (χ4v) is 3.35. The summed E-state index contributed by atoms with van der Waals surface area (Å²) in [5.74, 6) is -3.20. The molecule has 162 valence electrons. The van der Waals surface area contributed by atoms with E-state index < -0.39 is 30.8 Å². The Hall–Kier alpha value is -0.700. The van der Waals surface area contributed by atoms with Crippen LogP contribution in [-0.2, 0) is 11.3 Å². The lowest BCUT2D eigenvalue weighted by atomic mass is 10.1. The highest BCUT2D eigenvalue weighted by Gasteiger charge is 2.42. The highest BCUT2D eigenvalue weighted by atomic mass is 35.5. The van der Waals surface area contributed by atoms with E-state index in [1.807, 2.05) is 24.3 Å². The summed E-state index contributed by atoms with van der Waals surface area (Å²) in [6.07, 6.45) is -0.444. The van der Waals surface area contributed by atoms with Crippen LogP contribution in [0.2, 0.25) is 0 Å². The van der Waals surface area contributed by atoms with Gasteiger partial charge in [-0.3, -0.25) is 15.0 Å². The Labute approximate surface area is 183 Å². The number of hydrogen-bond donors (Lipinski definition) is 2. The topological polar surface area (TPSA) is 47.6 Å². The molecule has 10 heteroatoms. The van der Waals surface area contributed by atoms with Crippen molar-refractivity contribution in [2.75, 3.05) is 44.6 Å². The Kier molecular flexibility index (Phi) is 11.8. The van der Waals surface area contributed by atoms with Crippen molar-refractivity contribution in [3.05, 3.63) is 29.8 Å². The fraction of sp³-hybridized carbons (Fsp3) is 0.611. The minimum atomic E-state index is -2.80. The molecule has 28 heavy (non-hydrogen) atoms. The van der Waals surface area contributed by atoms with Gasteiger partial charge in [-0.25, -0.2) is 8.78 Å². The first-order valence-corrected chi connectivity index (χ1v) is 8.91. The number of likely N-dealkylation sites (N-methyl/N-ethyl adjacent to an activating group) is 1. The first kappa shape index (κ1) is 27.3. The Morgan fingerprint density at radius 3 is 2.18 bits per heavy atom. The summed E-state index contributed by atoms with van der Waals surface area (Å²) >= 11 is 0. The quantitative estimate of drug-likeness (QED) is 0.708. The van der Waals surface area contributed by atoms with Gasteiger partial charge in [0.1, 0.15) is 0 Å². The lowest BCUT2D eigenvalue weighted by Crippen LogP contribution is -2.45. The minimum absolute atomic E-state index is 0. The van der Waals surface area contributed by atoms with Gasteiger partial charge < -0.3 is 10.2 Å². The highest BCUT2D eigenvalue weighted by Crippen LogP contribution is 2.25. The Bertz CT molecular complexity index is 599. The molecule has 2 saturated heterocycles. The van der Waals surface area contributed by atoms with Crippen molar-refractivity contribution in [2.45, 2.75) is 31.9 Å². The number of anilines is 1. The molecule has 0 bridgehead atoms. The molecule has 0 saturated carbocycles. The first-order chi connectivity index (χ1) is 11.9. The largest absolute Gasteiger partial charge is 0.325 e. The summed E-state index contributed by atoms with van der Waals surface area (Å²) in [7, 11) is 0. The average Bonchev–Trinajstić information content (AvgIpc) is 2.97. The SMILES string of the molecule is CCN1CCN(Cc2ccc(NC(=O)C3CC(F)(F)CN3)cc2)CC1.Cl.Cl.Cl. The van der Waals surface area contributed by atoms with E-state index in [0.717, 1.165) is 39.3 Å². The summed E-state index contributed by atoms with van der Waals surface area (Å²) in [5.41, 5.74) is 1.83. The molecular formula is C18H29Cl3F2N4O. The number of rotatable bonds is 5. The van der Waals surface area contributed by atoms with Crippen molar-refractivity contribution in [2.24, 2.45) is 0 Å². The van der Waals surface area contributed by atoms with E-state index in [2.05, 4.69) is 27.4 Å². The molecule has 1 atom stereocenters. The maximum atomic E-state index is 13.2. The molecular weight excluding hydrogens is 433 g/mol. The average molecular weight is 462 g/mol. The maximum Gasteiger partial charge on any atom is 0.262 e. The first-order valence-electron chi connectivity index (χ1n) is 8.91. The Morgan fingerprint density at radius 1 is 1.11 bits per heavy atom. The number of amides is 1. The van der Waals surface area contributed by atoms with Crippen LogP contribution in [0.5, 0.6) is 0 Å². The van der Waals surface area contributed by atoms with Gasteiger partial charge in [0.05, 0.1) is 12.6 Å². The van der Waals surface area contributed by atoms with Crippen LogP contribution in [0.1, 0.15) is 18.9 Å². The molecule has 0 aromatic heterocycles. The van der Waals surface area contributed by atoms with E-state index in [0.29, 0.717) is 5.69 Å². The summed E-state index contributed by atoms with van der Waals surface area (Å²) in [6, 6.07) is 6.81. The number of nitrogens with one attached hydrogen (secondary N) is 2. The normalized spacial score (nSPS) is 21.8. The number of hydrogen-bond acceptors (Lipinski definition) is 4. The maximum absolute atomic E-state index is 13.2. The van der Waals surface area contributed by atoms with Crippen LogP contribution in [0.25, 0.3) is 0 Å². The van der Waals surface area contributed by atoms with Crippen molar-refractivity contribution in [1.82, 2.24) is 15.1 Å². The number of alkyl halides is 2. The summed E-state index contributed by atoms with van der Waals surface area (Å²) in [5, 5.41) is 5.28. The van der Waals surface area contributed by atoms with Crippen molar-refractivity contribution in [3.63, 3.8) is 0 Å². The number of halogens is 5. The molecule has 2 fully saturated rings. The predicted molar refractivity (Wildman–Crippen MR) is 116 cm³/mol. The molecule has 3 rings (SSSR count). The molecule has 5 nitrogen and oxygen atoms in total. The number of carbonyl (C=O) groups excluding carboxylic acids is 1. The molecule has 2 heterocycles. The molecule has 0 spiro atoms. The zero-order chi connectivity index (χ0) is 17.9. The van der Waals surface area contributed by atoms with Crippen LogP contribution in [0.3, 0.4) is 0 Å².